The van der Waals surface area contributed by atoms with Crippen LogP contribution in [0.15, 0.2) is 42.5 Å². The van der Waals surface area contributed by atoms with Gasteiger partial charge < -0.3 is 5.32 Å². The van der Waals surface area contributed by atoms with Crippen molar-refractivity contribution in [1.82, 2.24) is 0 Å². The minimum atomic E-state index is -0.169. The van der Waals surface area contributed by atoms with Crippen LogP contribution in [0.4, 0.5) is 10.1 Å². The van der Waals surface area contributed by atoms with Gasteiger partial charge in [-0.25, -0.2) is 4.39 Å². The van der Waals surface area contributed by atoms with Crippen LogP contribution in [0.2, 0.25) is 0 Å². The zero-order valence-corrected chi connectivity index (χ0v) is 11.0. The van der Waals surface area contributed by atoms with E-state index in [9.17, 15) is 4.39 Å². The van der Waals surface area contributed by atoms with Gasteiger partial charge in [0.05, 0.1) is 0 Å². The molecule has 2 aromatic carbocycles. The zero-order chi connectivity index (χ0) is 13.1. The van der Waals surface area contributed by atoms with Crippen molar-refractivity contribution < 1.29 is 4.39 Å². The molecule has 0 saturated carbocycles. The van der Waals surface area contributed by atoms with Crippen molar-refractivity contribution in [3.63, 3.8) is 0 Å². The third kappa shape index (κ3) is 2.53. The fourth-order valence-corrected chi connectivity index (χ4v) is 2.15. The molecule has 18 heavy (non-hydrogen) atoms. The van der Waals surface area contributed by atoms with Gasteiger partial charge in [0, 0.05) is 17.3 Å². The van der Waals surface area contributed by atoms with Crippen LogP contribution in [0.25, 0.3) is 0 Å². The molecule has 0 amide bonds. The first-order valence-electron chi connectivity index (χ1n) is 6.17. The van der Waals surface area contributed by atoms with Gasteiger partial charge in [0.15, 0.2) is 0 Å². The van der Waals surface area contributed by atoms with Crippen molar-refractivity contribution >= 4 is 5.69 Å². The highest BCUT2D eigenvalue weighted by Crippen LogP contribution is 2.25. The van der Waals surface area contributed by atoms with Crippen LogP contribution < -0.4 is 5.32 Å². The average Bonchev–Trinajstić information content (AvgIpc) is 2.35. The summed E-state index contributed by atoms with van der Waals surface area (Å²) in [7, 11) is 0. The van der Waals surface area contributed by atoms with E-state index in [0.29, 0.717) is 5.56 Å². The summed E-state index contributed by atoms with van der Waals surface area (Å²) in [5, 5.41) is 3.37. The first-order valence-corrected chi connectivity index (χ1v) is 6.17. The first-order chi connectivity index (χ1) is 8.59. The van der Waals surface area contributed by atoms with E-state index >= 15 is 0 Å². The van der Waals surface area contributed by atoms with Crippen molar-refractivity contribution in [2.45, 2.75) is 26.8 Å². The minimum Gasteiger partial charge on any atom is -0.378 e. The summed E-state index contributed by atoms with van der Waals surface area (Å²) in [6.07, 6.45) is 0. The third-order valence-corrected chi connectivity index (χ3v) is 3.29. The number of benzene rings is 2. The molecule has 0 radical (unpaired) electrons. The Labute approximate surface area is 108 Å². The van der Waals surface area contributed by atoms with E-state index < -0.39 is 0 Å². The van der Waals surface area contributed by atoms with Crippen molar-refractivity contribution in [2.24, 2.45) is 0 Å². The van der Waals surface area contributed by atoms with Crippen molar-refractivity contribution in [2.75, 3.05) is 5.32 Å². The van der Waals surface area contributed by atoms with E-state index in [-0.39, 0.29) is 11.9 Å². The molecular weight excluding hydrogens is 225 g/mol. The number of halogens is 1. The number of hydrogen-bond donors (Lipinski definition) is 1. The second-order valence-electron chi connectivity index (χ2n) is 4.64. The summed E-state index contributed by atoms with van der Waals surface area (Å²) < 4.78 is 13.5. The third-order valence-electron chi connectivity index (χ3n) is 3.29. The van der Waals surface area contributed by atoms with E-state index in [2.05, 4.69) is 31.3 Å². The van der Waals surface area contributed by atoms with Crippen LogP contribution >= 0.6 is 0 Å². The first kappa shape index (κ1) is 12.6. The number of aryl methyl sites for hydroxylation is 1. The van der Waals surface area contributed by atoms with E-state index in [1.54, 1.807) is 13.0 Å². The van der Waals surface area contributed by atoms with Gasteiger partial charge in [-0.1, -0.05) is 30.3 Å². The molecule has 0 fully saturated rings. The molecule has 0 spiro atoms. The molecule has 0 aliphatic carbocycles. The number of hydrogen-bond acceptors (Lipinski definition) is 1. The van der Waals surface area contributed by atoms with Crippen molar-refractivity contribution in [3.05, 3.63) is 65.0 Å². The molecule has 1 unspecified atom stereocenters. The molecule has 0 aliphatic heterocycles. The lowest BCUT2D eigenvalue weighted by Gasteiger charge is -2.19. The van der Waals surface area contributed by atoms with Gasteiger partial charge in [-0.15, -0.1) is 0 Å². The van der Waals surface area contributed by atoms with E-state index in [4.69, 9.17) is 0 Å². The number of anilines is 1. The van der Waals surface area contributed by atoms with Crippen molar-refractivity contribution in [3.8, 4) is 0 Å². The van der Waals surface area contributed by atoms with Gasteiger partial charge >= 0.3 is 0 Å². The quantitative estimate of drug-likeness (QED) is 0.829. The lowest BCUT2D eigenvalue weighted by Crippen LogP contribution is -2.09. The van der Waals surface area contributed by atoms with Crippen LogP contribution in [0.5, 0.6) is 0 Å². The molecule has 0 saturated heterocycles. The minimum absolute atomic E-state index is 0.159. The zero-order valence-electron chi connectivity index (χ0n) is 11.0. The Bertz CT molecular complexity index is 549. The van der Waals surface area contributed by atoms with Gasteiger partial charge in [0.25, 0.3) is 0 Å². The molecule has 0 aromatic heterocycles. The smallest absolute Gasteiger partial charge is 0.128 e. The largest absolute Gasteiger partial charge is 0.378 e. The molecule has 1 atom stereocenters. The monoisotopic (exact) mass is 243 g/mol. The fraction of sp³-hybridized carbons (Fsp3) is 0.250. The topological polar surface area (TPSA) is 12.0 Å². The summed E-state index contributed by atoms with van der Waals surface area (Å²) in [5.74, 6) is -0.169. The van der Waals surface area contributed by atoms with E-state index in [1.165, 1.54) is 17.2 Å². The van der Waals surface area contributed by atoms with E-state index in [0.717, 1.165) is 5.69 Å². The number of rotatable bonds is 3. The molecule has 1 N–H and O–H groups in total. The van der Waals surface area contributed by atoms with Gasteiger partial charge in [0.1, 0.15) is 5.82 Å². The second kappa shape index (κ2) is 5.21. The van der Waals surface area contributed by atoms with E-state index in [1.807, 2.05) is 18.2 Å². The molecule has 0 heterocycles. The predicted molar refractivity (Wildman–Crippen MR) is 74.4 cm³/mol. The highest BCUT2D eigenvalue weighted by atomic mass is 19.1. The Kier molecular flexibility index (Phi) is 3.66. The summed E-state index contributed by atoms with van der Waals surface area (Å²) >= 11 is 0. The lowest BCUT2D eigenvalue weighted by molar-refractivity contribution is 0.618. The molecule has 94 valence electrons. The summed E-state index contributed by atoms with van der Waals surface area (Å²) in [6.45, 7) is 5.97. The predicted octanol–water partition coefficient (Wildman–Crippen LogP) is 4.62. The molecular formula is C16H18FN. The van der Waals surface area contributed by atoms with Crippen LogP contribution in [0.3, 0.4) is 0 Å². The van der Waals surface area contributed by atoms with Gasteiger partial charge in [-0.2, -0.15) is 0 Å². The normalized spacial score (nSPS) is 12.2. The van der Waals surface area contributed by atoms with Gasteiger partial charge in [-0.05, 0) is 44.0 Å². The maximum absolute atomic E-state index is 13.5. The highest BCUT2D eigenvalue weighted by molar-refractivity contribution is 5.52. The van der Waals surface area contributed by atoms with Crippen LogP contribution in [0.1, 0.15) is 29.7 Å². The summed E-state index contributed by atoms with van der Waals surface area (Å²) in [6, 6.07) is 13.5. The molecule has 2 aromatic rings. The molecule has 2 heteroatoms. The SMILES string of the molecule is Cc1ccccc1C(C)Nc1cccc(F)c1C. The molecule has 0 bridgehead atoms. The van der Waals surface area contributed by atoms with Gasteiger partial charge in [0.2, 0.25) is 0 Å². The Morgan fingerprint density at radius 3 is 2.44 bits per heavy atom. The molecule has 2 rings (SSSR count). The lowest BCUT2D eigenvalue weighted by atomic mass is 10.0. The maximum atomic E-state index is 13.5. The Hall–Kier alpha value is -1.83. The number of nitrogens with one attached hydrogen (secondary N) is 1. The molecule has 0 aliphatic rings. The van der Waals surface area contributed by atoms with Crippen LogP contribution in [0, 0.1) is 19.7 Å². The maximum Gasteiger partial charge on any atom is 0.128 e. The average molecular weight is 243 g/mol. The second-order valence-corrected chi connectivity index (χ2v) is 4.64. The van der Waals surface area contributed by atoms with Crippen molar-refractivity contribution in [1.29, 1.82) is 0 Å². The Morgan fingerprint density at radius 1 is 1.00 bits per heavy atom. The highest BCUT2D eigenvalue weighted by Gasteiger charge is 2.10. The summed E-state index contributed by atoms with van der Waals surface area (Å²) in [4.78, 5) is 0. The van der Waals surface area contributed by atoms with Crippen LogP contribution in [-0.2, 0) is 0 Å². The Balaban J connectivity index is 2.24. The standard InChI is InChI=1S/C16H18FN/c1-11-7-4-5-8-14(11)13(3)18-16-10-6-9-15(17)12(16)2/h4-10,13,18H,1-3H3. The fourth-order valence-electron chi connectivity index (χ4n) is 2.15. The van der Waals surface area contributed by atoms with Crippen LogP contribution in [-0.4, -0.2) is 0 Å². The summed E-state index contributed by atoms with van der Waals surface area (Å²) in [5.41, 5.74) is 4.00. The molecule has 1 nitrogen and oxygen atoms in total. The van der Waals surface area contributed by atoms with Gasteiger partial charge in [-0.3, -0.25) is 0 Å². The Morgan fingerprint density at radius 2 is 1.72 bits per heavy atom.